The summed E-state index contributed by atoms with van der Waals surface area (Å²) in [5, 5.41) is 3.59. The molecule has 0 saturated heterocycles. The maximum Gasteiger partial charge on any atom is 0.225 e. The van der Waals surface area contributed by atoms with E-state index in [1.165, 1.54) is 0 Å². The molecule has 2 aromatic carbocycles. The number of carbonyl (C=O) groups is 2. The number of benzene rings is 2. The number of methoxy groups -OCH3 is 2. The minimum atomic E-state index is -0.293. The number of carbonyl (C=O) groups excluding carboxylic acids is 2. The molecule has 0 unspecified atom stereocenters. The molecule has 1 N–H and O–H groups in total. The first-order chi connectivity index (χ1) is 14.0. The summed E-state index contributed by atoms with van der Waals surface area (Å²) in [7, 11) is 3.14. The number of hydrogen-bond acceptors (Lipinski definition) is 4. The van der Waals surface area contributed by atoms with Gasteiger partial charge in [-0.15, -0.1) is 0 Å². The van der Waals surface area contributed by atoms with Crippen LogP contribution in [0, 0.1) is 0 Å². The van der Waals surface area contributed by atoms with Gasteiger partial charge in [-0.25, -0.2) is 0 Å². The molecule has 0 saturated carbocycles. The molecule has 2 atom stereocenters. The van der Waals surface area contributed by atoms with Gasteiger partial charge in [0.15, 0.2) is 17.3 Å². The Labute approximate surface area is 174 Å². The second-order valence-electron chi connectivity index (χ2n) is 7.36. The fraction of sp³-hybridized carbons (Fsp3) is 0.304. The minimum Gasteiger partial charge on any atom is -0.493 e. The number of rotatable bonds is 4. The average molecular weight is 412 g/mol. The second kappa shape index (κ2) is 7.91. The van der Waals surface area contributed by atoms with Crippen LogP contribution in [0.3, 0.4) is 0 Å². The highest BCUT2D eigenvalue weighted by atomic mass is 35.5. The fourth-order valence-electron chi connectivity index (χ4n) is 4.34. The largest absolute Gasteiger partial charge is 0.493 e. The van der Waals surface area contributed by atoms with E-state index < -0.39 is 0 Å². The third-order valence-electron chi connectivity index (χ3n) is 5.69. The Balaban J connectivity index is 1.73. The number of amides is 1. The lowest BCUT2D eigenvalue weighted by Gasteiger charge is -2.34. The van der Waals surface area contributed by atoms with Gasteiger partial charge in [0.2, 0.25) is 5.91 Å². The summed E-state index contributed by atoms with van der Waals surface area (Å²) in [6.07, 6.45) is 1.19. The van der Waals surface area contributed by atoms with Crippen LogP contribution in [0.25, 0.3) is 0 Å². The average Bonchev–Trinajstić information content (AvgIpc) is 2.72. The molecule has 29 heavy (non-hydrogen) atoms. The fourth-order valence-corrected chi connectivity index (χ4v) is 4.63. The molecule has 1 heterocycles. The van der Waals surface area contributed by atoms with Gasteiger partial charge in [-0.1, -0.05) is 35.9 Å². The van der Waals surface area contributed by atoms with Crippen LogP contribution < -0.4 is 14.8 Å². The second-order valence-corrected chi connectivity index (χ2v) is 7.77. The summed E-state index contributed by atoms with van der Waals surface area (Å²) >= 11 is 6.36. The lowest BCUT2D eigenvalue weighted by atomic mass is 9.73. The van der Waals surface area contributed by atoms with Gasteiger partial charge < -0.3 is 14.8 Å². The summed E-state index contributed by atoms with van der Waals surface area (Å²) in [4.78, 5) is 25.6. The number of ketones is 1. The normalized spacial score (nSPS) is 21.5. The van der Waals surface area contributed by atoms with E-state index in [1.807, 2.05) is 36.4 Å². The van der Waals surface area contributed by atoms with Crippen molar-refractivity contribution in [2.24, 2.45) is 0 Å². The molecule has 0 fully saturated rings. The SMILES string of the molecule is COc1ccc([C@H]2CC(=O)NC3=C2C(=O)C[C@@H](c2ccccc2Cl)C3)cc1OC. The van der Waals surface area contributed by atoms with Gasteiger partial charge in [0.25, 0.3) is 0 Å². The van der Waals surface area contributed by atoms with Crippen LogP contribution in [0.1, 0.15) is 42.2 Å². The molecule has 150 valence electrons. The molecular weight excluding hydrogens is 390 g/mol. The third-order valence-corrected chi connectivity index (χ3v) is 6.04. The Morgan fingerprint density at radius 3 is 2.45 bits per heavy atom. The van der Waals surface area contributed by atoms with E-state index in [9.17, 15) is 9.59 Å². The summed E-state index contributed by atoms with van der Waals surface area (Å²) in [6.45, 7) is 0. The Kier molecular flexibility index (Phi) is 5.33. The van der Waals surface area contributed by atoms with Gasteiger partial charge in [-0.2, -0.15) is 0 Å². The maximum atomic E-state index is 13.2. The molecule has 6 heteroatoms. The van der Waals surface area contributed by atoms with Gasteiger partial charge in [-0.05, 0) is 41.7 Å². The highest BCUT2D eigenvalue weighted by molar-refractivity contribution is 6.31. The topological polar surface area (TPSA) is 64.6 Å². The van der Waals surface area contributed by atoms with Crippen LogP contribution in [-0.2, 0) is 9.59 Å². The van der Waals surface area contributed by atoms with Gasteiger partial charge in [0, 0.05) is 35.1 Å². The van der Waals surface area contributed by atoms with E-state index >= 15 is 0 Å². The van der Waals surface area contributed by atoms with Crippen molar-refractivity contribution >= 4 is 23.3 Å². The van der Waals surface area contributed by atoms with Gasteiger partial charge in [-0.3, -0.25) is 9.59 Å². The Bertz CT molecular complexity index is 1010. The zero-order valence-corrected chi connectivity index (χ0v) is 17.1. The monoisotopic (exact) mass is 411 g/mol. The van der Waals surface area contributed by atoms with Crippen molar-refractivity contribution < 1.29 is 19.1 Å². The van der Waals surface area contributed by atoms with Crippen molar-refractivity contribution in [1.29, 1.82) is 0 Å². The standard InChI is InChI=1S/C23H22ClNO4/c1-28-20-8-7-13(11-21(20)29-2)16-12-22(27)25-18-9-14(10-19(26)23(16)18)15-5-3-4-6-17(15)24/h3-8,11,14,16H,9-10,12H2,1-2H3,(H,25,27)/t14-,16+/m0/s1. The van der Waals surface area contributed by atoms with Crippen LogP contribution in [0.4, 0.5) is 0 Å². The van der Waals surface area contributed by atoms with E-state index in [4.69, 9.17) is 21.1 Å². The maximum absolute atomic E-state index is 13.2. The number of allylic oxidation sites excluding steroid dienone is 2. The molecule has 2 aliphatic rings. The van der Waals surface area contributed by atoms with Crippen molar-refractivity contribution in [2.75, 3.05) is 14.2 Å². The Morgan fingerprint density at radius 2 is 1.72 bits per heavy atom. The highest BCUT2D eigenvalue weighted by Gasteiger charge is 2.38. The zero-order valence-electron chi connectivity index (χ0n) is 16.3. The number of nitrogens with one attached hydrogen (secondary N) is 1. The molecule has 1 aliphatic carbocycles. The minimum absolute atomic E-state index is 0.0422. The molecule has 1 aliphatic heterocycles. The Morgan fingerprint density at radius 1 is 0.966 bits per heavy atom. The lowest BCUT2D eigenvalue weighted by Crippen LogP contribution is -2.38. The van der Waals surface area contributed by atoms with Gasteiger partial charge in [0.05, 0.1) is 14.2 Å². The van der Waals surface area contributed by atoms with Crippen LogP contribution in [0.5, 0.6) is 11.5 Å². The first-order valence-corrected chi connectivity index (χ1v) is 9.92. The Hall–Kier alpha value is -2.79. The van der Waals surface area contributed by atoms with Crippen molar-refractivity contribution in [1.82, 2.24) is 5.32 Å². The van der Waals surface area contributed by atoms with Crippen LogP contribution in [0.2, 0.25) is 5.02 Å². The van der Waals surface area contributed by atoms with Crippen LogP contribution in [0.15, 0.2) is 53.7 Å². The number of Topliss-reactive ketones (excluding diaryl/α,β-unsaturated/α-hetero) is 1. The van der Waals surface area contributed by atoms with Gasteiger partial charge >= 0.3 is 0 Å². The van der Waals surface area contributed by atoms with E-state index in [1.54, 1.807) is 20.3 Å². The van der Waals surface area contributed by atoms with E-state index in [0.717, 1.165) is 11.1 Å². The van der Waals surface area contributed by atoms with Crippen LogP contribution >= 0.6 is 11.6 Å². The molecule has 0 radical (unpaired) electrons. The summed E-state index contributed by atoms with van der Waals surface area (Å²) < 4.78 is 10.7. The summed E-state index contributed by atoms with van der Waals surface area (Å²) in [6, 6.07) is 13.1. The molecular formula is C23H22ClNO4. The predicted molar refractivity (Wildman–Crippen MR) is 111 cm³/mol. The van der Waals surface area contributed by atoms with E-state index in [0.29, 0.717) is 40.6 Å². The van der Waals surface area contributed by atoms with E-state index in [-0.39, 0.29) is 29.9 Å². The first kappa shape index (κ1) is 19.5. The predicted octanol–water partition coefficient (Wildman–Crippen LogP) is 4.36. The van der Waals surface area contributed by atoms with Crippen molar-refractivity contribution in [3.63, 3.8) is 0 Å². The zero-order chi connectivity index (χ0) is 20.5. The number of hydrogen-bond donors (Lipinski definition) is 1. The van der Waals surface area contributed by atoms with Crippen molar-refractivity contribution in [2.45, 2.75) is 31.1 Å². The highest BCUT2D eigenvalue weighted by Crippen LogP contribution is 2.44. The van der Waals surface area contributed by atoms with Crippen LogP contribution in [-0.4, -0.2) is 25.9 Å². The molecule has 0 spiro atoms. The van der Waals surface area contributed by atoms with E-state index in [2.05, 4.69) is 5.32 Å². The quantitative estimate of drug-likeness (QED) is 0.811. The molecule has 0 bridgehead atoms. The van der Waals surface area contributed by atoms with Crippen molar-refractivity contribution in [3.8, 4) is 11.5 Å². The number of halogens is 1. The van der Waals surface area contributed by atoms with Gasteiger partial charge in [0.1, 0.15) is 0 Å². The van der Waals surface area contributed by atoms with Crippen molar-refractivity contribution in [3.05, 3.63) is 69.9 Å². The third kappa shape index (κ3) is 3.62. The first-order valence-electron chi connectivity index (χ1n) is 9.54. The summed E-state index contributed by atoms with van der Waals surface area (Å²) in [5.41, 5.74) is 3.22. The number of ether oxygens (including phenoxy) is 2. The molecule has 5 nitrogen and oxygen atoms in total. The summed E-state index contributed by atoms with van der Waals surface area (Å²) in [5.74, 6) is 0.819. The molecule has 0 aromatic heterocycles. The molecule has 2 aromatic rings. The molecule has 1 amide bonds. The lowest BCUT2D eigenvalue weighted by molar-refractivity contribution is -0.122. The smallest absolute Gasteiger partial charge is 0.225 e. The molecule has 4 rings (SSSR count).